The van der Waals surface area contributed by atoms with Gasteiger partial charge in [0, 0.05) is 56.3 Å². The number of fused-ring (bicyclic) bond motifs is 2. The van der Waals surface area contributed by atoms with Crippen LogP contribution in [0.4, 0.5) is 4.39 Å². The number of aromatic nitrogens is 4. The van der Waals surface area contributed by atoms with Crippen molar-refractivity contribution in [1.82, 2.24) is 24.1 Å². The van der Waals surface area contributed by atoms with Gasteiger partial charge in [-0.25, -0.2) is 9.37 Å². The van der Waals surface area contributed by atoms with Gasteiger partial charge in [-0.3, -0.25) is 9.48 Å². The summed E-state index contributed by atoms with van der Waals surface area (Å²) in [7, 11) is 1.81. The maximum Gasteiger partial charge on any atom is 0.255 e. The molecule has 5 rings (SSSR count). The first kappa shape index (κ1) is 16.7. The van der Waals surface area contributed by atoms with Crippen LogP contribution >= 0.6 is 0 Å². The second-order valence-corrected chi connectivity index (χ2v) is 6.96. The van der Waals surface area contributed by atoms with Crippen molar-refractivity contribution >= 4 is 11.6 Å². The van der Waals surface area contributed by atoms with E-state index in [2.05, 4.69) is 10.1 Å². The molecule has 0 saturated heterocycles. The lowest BCUT2D eigenvalue weighted by Crippen LogP contribution is -2.26. The smallest absolute Gasteiger partial charge is 0.255 e. The van der Waals surface area contributed by atoms with Crippen LogP contribution in [0.15, 0.2) is 55.0 Å². The van der Waals surface area contributed by atoms with Crippen molar-refractivity contribution in [1.29, 1.82) is 0 Å². The monoisotopic (exact) mass is 375 g/mol. The number of carbonyl (C=O) groups excluding carboxylic acids is 1. The summed E-state index contributed by atoms with van der Waals surface area (Å²) in [5.74, 6) is -0.487. The van der Waals surface area contributed by atoms with Crippen molar-refractivity contribution in [2.75, 3.05) is 6.54 Å². The van der Waals surface area contributed by atoms with Gasteiger partial charge in [-0.1, -0.05) is 6.07 Å². The quantitative estimate of drug-likeness (QED) is 0.551. The lowest BCUT2D eigenvalue weighted by molar-refractivity contribution is 0.0780. The largest absolute Gasteiger partial charge is 0.334 e. The summed E-state index contributed by atoms with van der Waals surface area (Å²) in [6.07, 6.45) is 6.19. The molecule has 6 nitrogen and oxygen atoms in total. The normalized spacial score (nSPS) is 13.5. The van der Waals surface area contributed by atoms with Crippen molar-refractivity contribution in [3.8, 4) is 11.3 Å². The maximum atomic E-state index is 14.4. The minimum absolute atomic E-state index is 0.144. The van der Waals surface area contributed by atoms with Gasteiger partial charge >= 0.3 is 0 Å². The first-order chi connectivity index (χ1) is 13.6. The van der Waals surface area contributed by atoms with Gasteiger partial charge in [0.2, 0.25) is 0 Å². The summed E-state index contributed by atoms with van der Waals surface area (Å²) in [5, 5.41) is 4.17. The Labute approximate surface area is 160 Å². The number of hydrogen-bond donors (Lipinski definition) is 0. The molecular weight excluding hydrogens is 357 g/mol. The molecule has 0 bridgehead atoms. The average molecular weight is 375 g/mol. The molecule has 4 heterocycles. The summed E-state index contributed by atoms with van der Waals surface area (Å²) in [5.41, 5.74) is 4.20. The van der Waals surface area contributed by atoms with Crippen LogP contribution in [0.1, 0.15) is 21.6 Å². The number of pyridine rings is 1. The van der Waals surface area contributed by atoms with Crippen molar-refractivity contribution < 1.29 is 9.18 Å². The average Bonchev–Trinajstić information content (AvgIpc) is 3.38. The van der Waals surface area contributed by atoms with Crippen LogP contribution < -0.4 is 0 Å². The third-order valence-corrected chi connectivity index (χ3v) is 5.25. The highest BCUT2D eigenvalue weighted by Gasteiger charge is 2.33. The number of imidazole rings is 1. The fourth-order valence-corrected chi connectivity index (χ4v) is 3.83. The number of halogens is 1. The first-order valence-electron chi connectivity index (χ1n) is 9.13. The van der Waals surface area contributed by atoms with Gasteiger partial charge in [-0.2, -0.15) is 5.10 Å². The summed E-state index contributed by atoms with van der Waals surface area (Å²) in [6.45, 7) is 0.765. The molecule has 140 valence electrons. The topological polar surface area (TPSA) is 55.4 Å². The Morgan fingerprint density at radius 2 is 2.07 bits per heavy atom. The molecule has 3 aromatic heterocycles. The number of rotatable bonds is 4. The van der Waals surface area contributed by atoms with E-state index in [1.54, 1.807) is 21.8 Å². The van der Waals surface area contributed by atoms with Gasteiger partial charge in [0.05, 0.1) is 17.0 Å². The molecule has 0 atom stereocenters. The van der Waals surface area contributed by atoms with Gasteiger partial charge in [0.25, 0.3) is 5.91 Å². The van der Waals surface area contributed by atoms with E-state index in [4.69, 9.17) is 0 Å². The molecule has 1 amide bonds. The minimum Gasteiger partial charge on any atom is -0.334 e. The summed E-state index contributed by atoms with van der Waals surface area (Å²) in [6, 6.07) is 10.8. The van der Waals surface area contributed by atoms with E-state index < -0.39 is 0 Å². The highest BCUT2D eigenvalue weighted by atomic mass is 19.1. The lowest BCUT2D eigenvalue weighted by Gasteiger charge is -2.14. The van der Waals surface area contributed by atoms with Gasteiger partial charge in [0.1, 0.15) is 11.5 Å². The van der Waals surface area contributed by atoms with Crippen LogP contribution in [-0.2, 0) is 20.0 Å². The molecule has 0 spiro atoms. The molecule has 1 aliphatic heterocycles. The number of hydrogen-bond acceptors (Lipinski definition) is 3. The van der Waals surface area contributed by atoms with E-state index in [1.165, 1.54) is 6.07 Å². The molecular formula is C21H18FN5O. The van der Waals surface area contributed by atoms with Crippen molar-refractivity contribution in [2.45, 2.75) is 13.0 Å². The van der Waals surface area contributed by atoms with Crippen LogP contribution in [0.5, 0.6) is 0 Å². The molecule has 0 radical (unpaired) electrons. The van der Waals surface area contributed by atoms with Gasteiger partial charge < -0.3 is 9.30 Å². The first-order valence-corrected chi connectivity index (χ1v) is 9.13. The lowest BCUT2D eigenvalue weighted by atomic mass is 10.00. The van der Waals surface area contributed by atoms with Gasteiger partial charge in [-0.05, 0) is 30.3 Å². The highest BCUT2D eigenvalue weighted by Crippen LogP contribution is 2.34. The fraction of sp³-hybridized carbons (Fsp3) is 0.190. The summed E-state index contributed by atoms with van der Waals surface area (Å²) >= 11 is 0. The standard InChI is InChI=1S/C21H18FN5O/c1-25-18(7-9-23-25)15-5-6-17(22)16-13-27(21(28)20(15)16)11-8-14-12-26-10-3-2-4-19(26)24-14/h2-7,9-10,12H,8,11,13H2,1H3. The number of carbonyl (C=O) groups is 1. The van der Waals surface area contributed by atoms with Crippen molar-refractivity contribution in [2.24, 2.45) is 7.05 Å². The summed E-state index contributed by atoms with van der Waals surface area (Å²) < 4.78 is 18.1. The van der Waals surface area contributed by atoms with Crippen LogP contribution in [-0.4, -0.2) is 36.5 Å². The molecule has 0 fully saturated rings. The van der Waals surface area contributed by atoms with Gasteiger partial charge in [-0.15, -0.1) is 0 Å². The molecule has 4 aromatic rings. The Bertz CT molecular complexity index is 1180. The third-order valence-electron chi connectivity index (χ3n) is 5.25. The van der Waals surface area contributed by atoms with E-state index >= 15 is 0 Å². The Kier molecular flexibility index (Phi) is 3.75. The van der Waals surface area contributed by atoms with Gasteiger partial charge in [0.15, 0.2) is 0 Å². The second kappa shape index (κ2) is 6.30. The third kappa shape index (κ3) is 2.58. The van der Waals surface area contributed by atoms with Crippen LogP contribution in [0, 0.1) is 5.82 Å². The number of benzene rings is 1. The van der Waals surface area contributed by atoms with E-state index in [9.17, 15) is 9.18 Å². The number of nitrogens with zero attached hydrogens (tertiary/aromatic N) is 5. The van der Waals surface area contributed by atoms with Crippen molar-refractivity contribution in [3.63, 3.8) is 0 Å². The Morgan fingerprint density at radius 3 is 2.86 bits per heavy atom. The fourth-order valence-electron chi connectivity index (χ4n) is 3.83. The minimum atomic E-state index is -0.343. The number of aryl methyl sites for hydroxylation is 1. The van der Waals surface area contributed by atoms with Crippen molar-refractivity contribution in [3.05, 3.63) is 77.6 Å². The molecule has 7 heteroatoms. The van der Waals surface area contributed by atoms with E-state index in [1.807, 2.05) is 48.1 Å². The predicted molar refractivity (Wildman–Crippen MR) is 102 cm³/mol. The molecule has 1 aromatic carbocycles. The highest BCUT2D eigenvalue weighted by molar-refractivity contribution is 6.04. The molecule has 0 aliphatic carbocycles. The second-order valence-electron chi connectivity index (χ2n) is 6.96. The Morgan fingerprint density at radius 1 is 1.18 bits per heavy atom. The predicted octanol–water partition coefficient (Wildman–Crippen LogP) is 3.07. The molecule has 28 heavy (non-hydrogen) atoms. The molecule has 0 saturated carbocycles. The van der Waals surface area contributed by atoms with Crippen LogP contribution in [0.2, 0.25) is 0 Å². The molecule has 1 aliphatic rings. The number of amides is 1. The summed E-state index contributed by atoms with van der Waals surface area (Å²) in [4.78, 5) is 19.3. The van der Waals surface area contributed by atoms with E-state index in [0.29, 0.717) is 24.1 Å². The Balaban J connectivity index is 1.43. The SMILES string of the molecule is Cn1nccc1-c1ccc(F)c2c1C(=O)N(CCc1cn3ccccc3n1)C2. The molecule has 0 unspecified atom stereocenters. The van der Waals surface area contributed by atoms with E-state index in [-0.39, 0.29) is 18.3 Å². The zero-order chi connectivity index (χ0) is 19.3. The molecule has 0 N–H and O–H groups in total. The van der Waals surface area contributed by atoms with E-state index in [0.717, 1.165) is 22.6 Å². The zero-order valence-electron chi connectivity index (χ0n) is 15.3. The van der Waals surface area contributed by atoms with Crippen LogP contribution in [0.25, 0.3) is 16.9 Å². The Hall–Kier alpha value is -3.48. The van der Waals surface area contributed by atoms with Crippen LogP contribution in [0.3, 0.4) is 0 Å². The zero-order valence-corrected chi connectivity index (χ0v) is 15.3. The maximum absolute atomic E-state index is 14.4.